The highest BCUT2D eigenvalue weighted by atomic mass is 16.2. The molecule has 4 nitrogen and oxygen atoms in total. The molecule has 0 spiro atoms. The summed E-state index contributed by atoms with van der Waals surface area (Å²) in [7, 11) is 0. The Morgan fingerprint density at radius 2 is 2.05 bits per heavy atom. The number of likely N-dealkylation sites (tertiary alicyclic amines) is 1. The van der Waals surface area contributed by atoms with Crippen molar-refractivity contribution < 1.29 is 4.79 Å². The summed E-state index contributed by atoms with van der Waals surface area (Å²) in [6.07, 6.45) is 4.65. The molecule has 1 fully saturated rings. The van der Waals surface area contributed by atoms with Crippen molar-refractivity contribution in [1.82, 2.24) is 9.88 Å². The van der Waals surface area contributed by atoms with Gasteiger partial charge in [-0.15, -0.1) is 0 Å². The molecule has 0 radical (unpaired) electrons. The fraction of sp³-hybridized carbons (Fsp3) is 0.600. The number of rotatable bonds is 1. The predicted molar refractivity (Wildman–Crippen MR) is 75.3 cm³/mol. The lowest BCUT2D eigenvalue weighted by molar-refractivity contribution is 0.0755. The highest BCUT2D eigenvalue weighted by Crippen LogP contribution is 2.30. The van der Waals surface area contributed by atoms with Crippen LogP contribution >= 0.6 is 0 Å². The van der Waals surface area contributed by atoms with E-state index in [0.717, 1.165) is 38.0 Å². The van der Waals surface area contributed by atoms with Crippen molar-refractivity contribution in [3.8, 4) is 0 Å². The highest BCUT2D eigenvalue weighted by molar-refractivity contribution is 5.93. The fourth-order valence-corrected chi connectivity index (χ4v) is 2.54. The number of aromatic amines is 1. The first-order valence-corrected chi connectivity index (χ1v) is 6.88. The largest absolute Gasteiger partial charge is 0.364 e. The van der Waals surface area contributed by atoms with Crippen molar-refractivity contribution in [2.24, 2.45) is 5.41 Å². The normalized spacial score (nSPS) is 19.0. The van der Waals surface area contributed by atoms with E-state index in [2.05, 4.69) is 18.8 Å². The van der Waals surface area contributed by atoms with Crippen LogP contribution in [0, 0.1) is 12.3 Å². The van der Waals surface area contributed by atoms with Crippen molar-refractivity contribution in [2.45, 2.75) is 40.0 Å². The van der Waals surface area contributed by atoms with Gasteiger partial charge in [-0.2, -0.15) is 0 Å². The topological polar surface area (TPSA) is 53.2 Å². The van der Waals surface area contributed by atoms with E-state index >= 15 is 0 Å². The number of hydrogen-bond acceptors (Lipinski definition) is 2. The summed E-state index contributed by atoms with van der Waals surface area (Å²) in [6.45, 7) is 7.76. The van der Waals surface area contributed by atoms with Gasteiger partial charge in [0, 0.05) is 31.0 Å². The predicted octanol–water partition coefficient (Wildman–Crippen LogP) is 2.34. The molecule has 19 heavy (non-hydrogen) atoms. The van der Waals surface area contributed by atoms with E-state index < -0.39 is 0 Å². The van der Waals surface area contributed by atoms with Gasteiger partial charge in [-0.05, 0) is 31.6 Å². The molecular formula is C15H22N2O2. The van der Waals surface area contributed by atoms with Gasteiger partial charge < -0.3 is 9.88 Å². The van der Waals surface area contributed by atoms with Crippen LogP contribution in [-0.4, -0.2) is 28.9 Å². The maximum absolute atomic E-state index is 12.4. The second-order valence-corrected chi connectivity index (χ2v) is 6.20. The van der Waals surface area contributed by atoms with Crippen LogP contribution in [-0.2, 0) is 0 Å². The van der Waals surface area contributed by atoms with E-state index in [1.165, 1.54) is 12.3 Å². The number of carbonyl (C=O) groups excluding carboxylic acids is 1. The Bertz CT molecular complexity index is 531. The summed E-state index contributed by atoms with van der Waals surface area (Å²) < 4.78 is 0. The molecule has 2 rings (SSSR count). The van der Waals surface area contributed by atoms with E-state index in [1.807, 2.05) is 11.8 Å². The van der Waals surface area contributed by atoms with Crippen LogP contribution in [0.15, 0.2) is 17.1 Å². The van der Waals surface area contributed by atoms with Crippen LogP contribution in [0.3, 0.4) is 0 Å². The monoisotopic (exact) mass is 262 g/mol. The third-order valence-electron chi connectivity index (χ3n) is 3.91. The van der Waals surface area contributed by atoms with Gasteiger partial charge in [-0.1, -0.05) is 13.8 Å². The van der Waals surface area contributed by atoms with Crippen molar-refractivity contribution in [2.75, 3.05) is 13.1 Å². The first kappa shape index (κ1) is 13.8. The molecule has 1 N–H and O–H groups in total. The average Bonchev–Trinajstić information content (AvgIpc) is 2.49. The molecule has 1 aromatic rings. The molecule has 2 heterocycles. The Morgan fingerprint density at radius 1 is 1.32 bits per heavy atom. The Morgan fingerprint density at radius 3 is 2.74 bits per heavy atom. The number of hydrogen-bond donors (Lipinski definition) is 1. The lowest BCUT2D eigenvalue weighted by Gasteiger charge is -2.23. The van der Waals surface area contributed by atoms with E-state index in [-0.39, 0.29) is 22.3 Å². The number of carbonyl (C=O) groups is 1. The van der Waals surface area contributed by atoms with Crippen LogP contribution < -0.4 is 5.43 Å². The summed E-state index contributed by atoms with van der Waals surface area (Å²) in [5.74, 6) is -0.140. The van der Waals surface area contributed by atoms with Crippen molar-refractivity contribution >= 4 is 5.91 Å². The minimum atomic E-state index is -0.190. The molecule has 0 aromatic carbocycles. The zero-order chi connectivity index (χ0) is 14.0. The first-order chi connectivity index (χ1) is 8.89. The third-order valence-corrected chi connectivity index (χ3v) is 3.91. The number of H-pyrrole nitrogens is 1. The minimum absolute atomic E-state index is 0.140. The van der Waals surface area contributed by atoms with E-state index in [1.54, 1.807) is 0 Å². The second kappa shape index (κ2) is 5.19. The second-order valence-electron chi connectivity index (χ2n) is 6.20. The highest BCUT2D eigenvalue weighted by Gasteiger charge is 2.26. The minimum Gasteiger partial charge on any atom is -0.364 e. The number of nitrogens with zero attached hydrogens (tertiary/aromatic N) is 1. The Balaban J connectivity index is 2.18. The number of pyridine rings is 1. The molecule has 0 aliphatic carbocycles. The number of aryl methyl sites for hydroxylation is 1. The average molecular weight is 262 g/mol. The van der Waals surface area contributed by atoms with Crippen LogP contribution in [0.2, 0.25) is 0 Å². The van der Waals surface area contributed by atoms with Crippen molar-refractivity contribution in [3.05, 3.63) is 33.7 Å². The van der Waals surface area contributed by atoms with Crippen molar-refractivity contribution in [3.63, 3.8) is 0 Å². The Kier molecular flexibility index (Phi) is 3.78. The van der Waals surface area contributed by atoms with Crippen molar-refractivity contribution in [1.29, 1.82) is 0 Å². The van der Waals surface area contributed by atoms with Gasteiger partial charge in [0.1, 0.15) is 5.56 Å². The zero-order valence-electron chi connectivity index (χ0n) is 12.0. The molecule has 104 valence electrons. The molecule has 1 saturated heterocycles. The molecule has 1 aromatic heterocycles. The summed E-state index contributed by atoms with van der Waals surface area (Å²) in [5, 5.41) is 0. The van der Waals surface area contributed by atoms with E-state index in [0.29, 0.717) is 0 Å². The first-order valence-electron chi connectivity index (χ1n) is 6.88. The van der Waals surface area contributed by atoms with Gasteiger partial charge in [0.15, 0.2) is 5.43 Å². The molecular weight excluding hydrogens is 240 g/mol. The molecule has 1 amide bonds. The lowest BCUT2D eigenvalue weighted by Crippen LogP contribution is -2.35. The SMILES string of the molecule is Cc1cc(=O)c(C(=O)N2CCCC(C)(C)CC2)c[nH]1. The van der Waals surface area contributed by atoms with Crippen LogP contribution in [0.4, 0.5) is 0 Å². The Labute approximate surface area is 113 Å². The number of aromatic nitrogens is 1. The lowest BCUT2D eigenvalue weighted by atomic mass is 9.85. The maximum atomic E-state index is 12.4. The summed E-state index contributed by atoms with van der Waals surface area (Å²) in [5.41, 5.74) is 1.13. The van der Waals surface area contributed by atoms with Gasteiger partial charge in [-0.25, -0.2) is 0 Å². The van der Waals surface area contributed by atoms with E-state index in [9.17, 15) is 9.59 Å². The molecule has 0 atom stereocenters. The molecule has 0 saturated carbocycles. The molecule has 0 unspecified atom stereocenters. The van der Waals surface area contributed by atoms with Crippen LogP contribution in [0.25, 0.3) is 0 Å². The quantitative estimate of drug-likeness (QED) is 0.844. The van der Waals surface area contributed by atoms with Gasteiger partial charge in [0.25, 0.3) is 5.91 Å². The van der Waals surface area contributed by atoms with Gasteiger partial charge in [0.05, 0.1) is 0 Å². The molecule has 1 aliphatic heterocycles. The number of amides is 1. The number of nitrogens with one attached hydrogen (secondary N) is 1. The molecule has 0 bridgehead atoms. The zero-order valence-corrected chi connectivity index (χ0v) is 12.0. The standard InChI is InChI=1S/C15H22N2O2/c1-11-9-13(18)12(10-16-11)14(19)17-7-4-5-15(2,3)6-8-17/h9-10H,4-8H2,1-3H3,(H,16,18). The van der Waals surface area contributed by atoms with Gasteiger partial charge in [-0.3, -0.25) is 9.59 Å². The van der Waals surface area contributed by atoms with Crippen LogP contribution in [0.5, 0.6) is 0 Å². The maximum Gasteiger partial charge on any atom is 0.259 e. The van der Waals surface area contributed by atoms with Gasteiger partial charge in [0.2, 0.25) is 0 Å². The smallest absolute Gasteiger partial charge is 0.259 e. The van der Waals surface area contributed by atoms with Gasteiger partial charge >= 0.3 is 0 Å². The third kappa shape index (κ3) is 3.25. The molecule has 4 heteroatoms. The summed E-state index contributed by atoms with van der Waals surface area (Å²) in [6, 6.07) is 1.48. The fourth-order valence-electron chi connectivity index (χ4n) is 2.54. The molecule has 1 aliphatic rings. The van der Waals surface area contributed by atoms with E-state index in [4.69, 9.17) is 0 Å². The van der Waals surface area contributed by atoms with Crippen LogP contribution in [0.1, 0.15) is 49.2 Å². The summed E-state index contributed by atoms with van der Waals surface area (Å²) >= 11 is 0. The summed E-state index contributed by atoms with van der Waals surface area (Å²) in [4.78, 5) is 29.0. The Hall–Kier alpha value is -1.58.